The molecule has 0 radical (unpaired) electrons. The highest BCUT2D eigenvalue weighted by Crippen LogP contribution is 2.24. The molecule has 2 aromatic rings. The summed E-state index contributed by atoms with van der Waals surface area (Å²) in [6, 6.07) is 7.63. The van der Waals surface area contributed by atoms with Gasteiger partial charge in [0.25, 0.3) is 11.5 Å². The van der Waals surface area contributed by atoms with E-state index in [4.69, 9.17) is 5.73 Å². The molecule has 164 valence electrons. The Bertz CT molecular complexity index is 1030. The smallest absolute Gasteiger partial charge is 0.261 e. The molecule has 2 aliphatic rings. The molecule has 0 unspecified atom stereocenters. The molecule has 1 aromatic heterocycles. The van der Waals surface area contributed by atoms with Crippen LogP contribution >= 0.6 is 0 Å². The number of hydrogen-bond acceptors (Lipinski definition) is 4. The summed E-state index contributed by atoms with van der Waals surface area (Å²) in [7, 11) is 0. The van der Waals surface area contributed by atoms with Crippen molar-refractivity contribution < 1.29 is 4.79 Å². The van der Waals surface area contributed by atoms with Gasteiger partial charge in [-0.1, -0.05) is 19.3 Å². The van der Waals surface area contributed by atoms with Gasteiger partial charge in [0.2, 0.25) is 0 Å². The predicted octanol–water partition coefficient (Wildman–Crippen LogP) is 3.70. The second kappa shape index (κ2) is 9.37. The van der Waals surface area contributed by atoms with Crippen LogP contribution in [0.25, 0.3) is 0 Å². The maximum Gasteiger partial charge on any atom is 0.261 e. The Hall–Kier alpha value is -3.09. The number of nitrogens with zero attached hydrogens (tertiary/aromatic N) is 2. The fourth-order valence-electron chi connectivity index (χ4n) is 4.56. The van der Waals surface area contributed by atoms with Gasteiger partial charge in [-0.2, -0.15) is 0 Å². The van der Waals surface area contributed by atoms with Crippen LogP contribution in [0.3, 0.4) is 0 Å². The van der Waals surface area contributed by atoms with Crippen molar-refractivity contribution in [3.8, 4) is 0 Å². The number of nitrogens with one attached hydrogen (secondary N) is 2. The summed E-state index contributed by atoms with van der Waals surface area (Å²) < 4.78 is 0. The van der Waals surface area contributed by atoms with E-state index in [1.807, 2.05) is 24.0 Å². The first-order chi connectivity index (χ1) is 15.0. The number of amidine groups is 1. The van der Waals surface area contributed by atoms with Crippen molar-refractivity contribution in [1.29, 1.82) is 0 Å². The molecule has 7 nitrogen and oxygen atoms in total. The van der Waals surface area contributed by atoms with Gasteiger partial charge in [0.1, 0.15) is 11.4 Å². The van der Waals surface area contributed by atoms with Crippen LogP contribution < -0.4 is 16.6 Å². The van der Waals surface area contributed by atoms with E-state index in [0.717, 1.165) is 50.0 Å². The number of aryl methyl sites for hydroxylation is 1. The average molecular weight is 422 g/mol. The molecule has 0 bridgehead atoms. The average Bonchev–Trinajstić information content (AvgIpc) is 3.29. The summed E-state index contributed by atoms with van der Waals surface area (Å²) in [5.41, 5.74) is 9.28. The first-order valence-corrected chi connectivity index (χ1v) is 11.3. The lowest BCUT2D eigenvalue weighted by atomic mass is 9.95. The Labute approximate surface area is 182 Å². The first kappa shape index (κ1) is 21.2. The van der Waals surface area contributed by atoms with Gasteiger partial charge in [-0.05, 0) is 62.4 Å². The van der Waals surface area contributed by atoms with Gasteiger partial charge in [-0.3, -0.25) is 9.59 Å². The van der Waals surface area contributed by atoms with Gasteiger partial charge >= 0.3 is 0 Å². The molecule has 1 aromatic carbocycles. The number of benzene rings is 1. The summed E-state index contributed by atoms with van der Waals surface area (Å²) >= 11 is 0. The van der Waals surface area contributed by atoms with Gasteiger partial charge in [-0.15, -0.1) is 0 Å². The number of aromatic nitrogens is 1. The van der Waals surface area contributed by atoms with E-state index in [1.165, 1.54) is 19.3 Å². The fraction of sp³-hybridized carbons (Fsp3) is 0.458. The second-order valence-electron chi connectivity index (χ2n) is 8.57. The van der Waals surface area contributed by atoms with Crippen molar-refractivity contribution in [2.75, 3.05) is 18.4 Å². The number of aliphatic imine (C=N–C) groups is 1. The van der Waals surface area contributed by atoms with Gasteiger partial charge < -0.3 is 20.9 Å². The Morgan fingerprint density at radius 2 is 1.87 bits per heavy atom. The molecular weight excluding hydrogens is 390 g/mol. The Morgan fingerprint density at radius 1 is 1.13 bits per heavy atom. The highest BCUT2D eigenvalue weighted by atomic mass is 16.2. The summed E-state index contributed by atoms with van der Waals surface area (Å²) in [5, 5.41) is 3.49. The van der Waals surface area contributed by atoms with E-state index < -0.39 is 0 Å². The molecule has 1 saturated heterocycles. The zero-order valence-electron chi connectivity index (χ0n) is 18.1. The molecule has 2 fully saturated rings. The molecule has 4 rings (SSSR count). The topological polar surface area (TPSA) is 104 Å². The van der Waals surface area contributed by atoms with Crippen molar-refractivity contribution in [2.45, 2.75) is 57.9 Å². The van der Waals surface area contributed by atoms with E-state index in [2.05, 4.69) is 15.3 Å². The number of nitrogens with two attached hydrogens (primary N) is 1. The van der Waals surface area contributed by atoms with Crippen molar-refractivity contribution in [1.82, 2.24) is 9.88 Å². The number of anilines is 1. The zero-order valence-corrected chi connectivity index (χ0v) is 18.1. The number of carbonyl (C=O) groups excluding carboxylic acids is 1. The molecule has 2 heterocycles. The van der Waals surface area contributed by atoms with E-state index >= 15 is 0 Å². The van der Waals surface area contributed by atoms with Crippen LogP contribution in [-0.2, 0) is 0 Å². The zero-order chi connectivity index (χ0) is 21.8. The van der Waals surface area contributed by atoms with Gasteiger partial charge in [0.05, 0.1) is 11.4 Å². The number of likely N-dealkylation sites (tertiary alicyclic amines) is 1. The lowest BCUT2D eigenvalue weighted by Crippen LogP contribution is -2.29. The van der Waals surface area contributed by atoms with Gasteiger partial charge in [0, 0.05) is 30.9 Å². The van der Waals surface area contributed by atoms with E-state index in [-0.39, 0.29) is 17.3 Å². The number of rotatable bonds is 5. The monoisotopic (exact) mass is 421 g/mol. The van der Waals surface area contributed by atoms with Crippen molar-refractivity contribution >= 4 is 23.1 Å². The maximum atomic E-state index is 12.7. The number of aromatic amines is 1. The van der Waals surface area contributed by atoms with E-state index in [9.17, 15) is 9.59 Å². The van der Waals surface area contributed by atoms with Gasteiger partial charge in [0.15, 0.2) is 0 Å². The predicted molar refractivity (Wildman–Crippen MR) is 124 cm³/mol. The lowest BCUT2D eigenvalue weighted by Gasteiger charge is -2.24. The van der Waals surface area contributed by atoms with Crippen LogP contribution in [0.15, 0.2) is 40.2 Å². The van der Waals surface area contributed by atoms with Crippen LogP contribution in [0.1, 0.15) is 66.4 Å². The Kier molecular flexibility index (Phi) is 6.39. The summed E-state index contributed by atoms with van der Waals surface area (Å²) in [5.74, 6) is 0.232. The lowest BCUT2D eigenvalue weighted by molar-refractivity contribution is 0.0792. The van der Waals surface area contributed by atoms with E-state index in [0.29, 0.717) is 22.9 Å². The molecule has 0 atom stereocenters. The molecule has 1 aliphatic carbocycles. The quantitative estimate of drug-likeness (QED) is 0.506. The number of pyridine rings is 1. The molecule has 7 heteroatoms. The Morgan fingerprint density at radius 3 is 2.58 bits per heavy atom. The van der Waals surface area contributed by atoms with Crippen LogP contribution in [0, 0.1) is 6.92 Å². The minimum absolute atomic E-state index is 0.0666. The van der Waals surface area contributed by atoms with Crippen molar-refractivity contribution in [3.05, 3.63) is 57.5 Å². The van der Waals surface area contributed by atoms with Crippen molar-refractivity contribution in [2.24, 2.45) is 10.7 Å². The molecule has 0 spiro atoms. The van der Waals surface area contributed by atoms with Crippen LogP contribution in [0.5, 0.6) is 0 Å². The number of carbonyl (C=O) groups is 1. The largest absolute Gasteiger partial charge is 0.383 e. The number of H-pyrrole nitrogens is 1. The maximum absolute atomic E-state index is 12.7. The molecule has 1 aliphatic heterocycles. The van der Waals surface area contributed by atoms with Gasteiger partial charge in [-0.25, -0.2) is 4.99 Å². The Balaban J connectivity index is 1.58. The fourth-order valence-corrected chi connectivity index (χ4v) is 4.56. The van der Waals surface area contributed by atoms with Crippen LogP contribution in [-0.4, -0.2) is 40.8 Å². The van der Waals surface area contributed by atoms with Crippen LogP contribution in [0.2, 0.25) is 0 Å². The van der Waals surface area contributed by atoms with E-state index in [1.54, 1.807) is 18.3 Å². The second-order valence-corrected chi connectivity index (χ2v) is 8.57. The minimum atomic E-state index is -0.264. The normalized spacial score (nSPS) is 17.7. The molecule has 31 heavy (non-hydrogen) atoms. The highest BCUT2D eigenvalue weighted by Gasteiger charge is 2.21. The summed E-state index contributed by atoms with van der Waals surface area (Å²) in [6.45, 7) is 3.54. The third-order valence-corrected chi connectivity index (χ3v) is 6.26. The first-order valence-electron chi connectivity index (χ1n) is 11.3. The molecular formula is C24H31N5O2. The molecule has 1 amide bonds. The third kappa shape index (κ3) is 4.81. The minimum Gasteiger partial charge on any atom is -0.383 e. The number of amides is 1. The summed E-state index contributed by atoms with van der Waals surface area (Å²) in [4.78, 5) is 34.4. The standard InChI is InChI=1S/C24H31N5O2/c1-16-15-18(9-10-19(16)24(31)29-13-5-6-14-29)28-22(25)21-20(11-12-26-23(21)30)27-17-7-3-2-4-8-17/h9-12,15,17H,2-8,13-14H2,1H3,(H2,25,28)(H2,26,27,30). The number of hydrogen-bond donors (Lipinski definition) is 3. The van der Waals surface area contributed by atoms with Crippen LogP contribution in [0.4, 0.5) is 11.4 Å². The third-order valence-electron chi connectivity index (χ3n) is 6.26. The summed E-state index contributed by atoms with van der Waals surface area (Å²) in [6.07, 6.45) is 9.60. The molecule has 4 N–H and O–H groups in total. The SMILES string of the molecule is Cc1cc(N=C(N)c2c(NC3CCCCC3)cc[nH]c2=O)ccc1C(=O)N1CCCC1. The highest BCUT2D eigenvalue weighted by molar-refractivity contribution is 6.03. The van der Waals surface area contributed by atoms with Crippen molar-refractivity contribution in [3.63, 3.8) is 0 Å². The molecule has 1 saturated carbocycles.